The molecule has 18 heavy (non-hydrogen) atoms. The van der Waals surface area contributed by atoms with Gasteiger partial charge in [-0.25, -0.2) is 4.90 Å². The molecular weight excluding hydrogens is 228 g/mol. The van der Waals surface area contributed by atoms with Crippen molar-refractivity contribution in [2.24, 2.45) is 11.8 Å². The molecule has 2 atom stereocenters. The maximum atomic E-state index is 12.3. The van der Waals surface area contributed by atoms with Crippen LogP contribution >= 0.6 is 0 Å². The number of carbonyl (C=O) groups is 2. The van der Waals surface area contributed by atoms with Gasteiger partial charge in [0, 0.05) is 13.1 Å². The SMILES string of the molecule is Cc1ccc(N2C(=O)C3CN(C)CC3C2=O)cc1. The highest BCUT2D eigenvalue weighted by Gasteiger charge is 2.51. The smallest absolute Gasteiger partial charge is 0.239 e. The number of nitrogens with zero attached hydrogens (tertiary/aromatic N) is 2. The lowest BCUT2D eigenvalue weighted by atomic mass is 10.00. The first-order chi connectivity index (χ1) is 8.58. The van der Waals surface area contributed by atoms with Gasteiger partial charge in [0.05, 0.1) is 17.5 Å². The van der Waals surface area contributed by atoms with Gasteiger partial charge in [-0.05, 0) is 26.1 Å². The third-order valence-corrected chi connectivity index (χ3v) is 3.87. The Bertz CT molecular complexity index is 485. The molecule has 0 bridgehead atoms. The van der Waals surface area contributed by atoms with Crippen LogP contribution < -0.4 is 4.90 Å². The molecule has 2 aliphatic heterocycles. The van der Waals surface area contributed by atoms with Gasteiger partial charge in [-0.2, -0.15) is 0 Å². The Kier molecular flexibility index (Phi) is 2.48. The van der Waals surface area contributed by atoms with Crippen molar-refractivity contribution in [2.45, 2.75) is 6.92 Å². The lowest BCUT2D eigenvalue weighted by molar-refractivity contribution is -0.123. The summed E-state index contributed by atoms with van der Waals surface area (Å²) in [6.07, 6.45) is 0. The Morgan fingerprint density at radius 2 is 1.50 bits per heavy atom. The monoisotopic (exact) mass is 244 g/mol. The van der Waals surface area contributed by atoms with E-state index in [4.69, 9.17) is 0 Å². The first kappa shape index (κ1) is 11.4. The second-order valence-electron chi connectivity index (χ2n) is 5.28. The molecule has 2 saturated heterocycles. The summed E-state index contributed by atoms with van der Waals surface area (Å²) in [6.45, 7) is 3.37. The highest BCUT2D eigenvalue weighted by atomic mass is 16.2. The second kappa shape index (κ2) is 3.92. The minimum Gasteiger partial charge on any atom is -0.305 e. The zero-order valence-corrected chi connectivity index (χ0v) is 10.6. The Labute approximate surface area is 106 Å². The molecule has 0 N–H and O–H groups in total. The summed E-state index contributed by atoms with van der Waals surface area (Å²) < 4.78 is 0. The van der Waals surface area contributed by atoms with Crippen molar-refractivity contribution < 1.29 is 9.59 Å². The number of rotatable bonds is 1. The lowest BCUT2D eigenvalue weighted by Gasteiger charge is -2.18. The molecular formula is C14H16N2O2. The molecule has 94 valence electrons. The number of fused-ring (bicyclic) bond motifs is 1. The molecule has 2 aliphatic rings. The van der Waals surface area contributed by atoms with Crippen LogP contribution in [0.4, 0.5) is 5.69 Å². The molecule has 0 saturated carbocycles. The maximum Gasteiger partial charge on any atom is 0.239 e. The molecule has 3 rings (SSSR count). The van der Waals surface area contributed by atoms with Crippen LogP contribution in [0.5, 0.6) is 0 Å². The van der Waals surface area contributed by atoms with Crippen molar-refractivity contribution in [3.63, 3.8) is 0 Å². The predicted molar refractivity (Wildman–Crippen MR) is 68.1 cm³/mol. The quantitative estimate of drug-likeness (QED) is 0.693. The summed E-state index contributed by atoms with van der Waals surface area (Å²) in [5, 5.41) is 0. The number of likely N-dealkylation sites (tertiary alicyclic amines) is 1. The van der Waals surface area contributed by atoms with E-state index in [1.807, 2.05) is 38.2 Å². The number of imide groups is 1. The maximum absolute atomic E-state index is 12.3. The van der Waals surface area contributed by atoms with E-state index in [1.54, 1.807) is 0 Å². The first-order valence-corrected chi connectivity index (χ1v) is 6.21. The molecule has 0 radical (unpaired) electrons. The largest absolute Gasteiger partial charge is 0.305 e. The van der Waals surface area contributed by atoms with E-state index in [2.05, 4.69) is 4.90 Å². The minimum atomic E-state index is -0.149. The topological polar surface area (TPSA) is 40.6 Å². The van der Waals surface area contributed by atoms with Crippen LogP contribution in [0, 0.1) is 18.8 Å². The Balaban J connectivity index is 1.93. The predicted octanol–water partition coefficient (Wildman–Crippen LogP) is 1.05. The Morgan fingerprint density at radius 3 is 2.00 bits per heavy atom. The number of anilines is 1. The fourth-order valence-corrected chi connectivity index (χ4v) is 2.89. The van der Waals surface area contributed by atoms with Gasteiger partial charge in [-0.1, -0.05) is 17.7 Å². The van der Waals surface area contributed by atoms with E-state index >= 15 is 0 Å². The zero-order chi connectivity index (χ0) is 12.9. The van der Waals surface area contributed by atoms with E-state index in [0.29, 0.717) is 18.8 Å². The number of aryl methyl sites for hydroxylation is 1. The van der Waals surface area contributed by atoms with Crippen LogP contribution in [0.2, 0.25) is 0 Å². The molecule has 0 spiro atoms. The van der Waals surface area contributed by atoms with Gasteiger partial charge in [0.15, 0.2) is 0 Å². The molecule has 4 heteroatoms. The molecule has 0 aliphatic carbocycles. The van der Waals surface area contributed by atoms with Crippen molar-refractivity contribution in [3.8, 4) is 0 Å². The van der Waals surface area contributed by atoms with Crippen molar-refractivity contribution in [1.29, 1.82) is 0 Å². The van der Waals surface area contributed by atoms with Crippen LogP contribution in [-0.2, 0) is 9.59 Å². The summed E-state index contributed by atoms with van der Waals surface area (Å²) in [5.74, 6) is -0.385. The van der Waals surface area contributed by atoms with Crippen LogP contribution in [-0.4, -0.2) is 36.9 Å². The van der Waals surface area contributed by atoms with Crippen LogP contribution in [0.1, 0.15) is 5.56 Å². The molecule has 2 heterocycles. The number of carbonyl (C=O) groups excluding carboxylic acids is 2. The third kappa shape index (κ3) is 1.56. The Hall–Kier alpha value is -1.68. The molecule has 2 unspecified atom stereocenters. The van der Waals surface area contributed by atoms with Crippen molar-refractivity contribution >= 4 is 17.5 Å². The number of benzene rings is 1. The number of hydrogen-bond acceptors (Lipinski definition) is 3. The summed E-state index contributed by atoms with van der Waals surface area (Å²) in [4.78, 5) is 28.0. The average molecular weight is 244 g/mol. The number of amides is 2. The number of hydrogen-bond donors (Lipinski definition) is 0. The van der Waals surface area contributed by atoms with Gasteiger partial charge < -0.3 is 4.90 Å². The highest BCUT2D eigenvalue weighted by Crippen LogP contribution is 2.35. The molecule has 0 aromatic heterocycles. The second-order valence-corrected chi connectivity index (χ2v) is 5.28. The molecule has 1 aromatic carbocycles. The van der Waals surface area contributed by atoms with Gasteiger partial charge in [0.1, 0.15) is 0 Å². The van der Waals surface area contributed by atoms with Crippen molar-refractivity contribution in [2.75, 3.05) is 25.0 Å². The highest BCUT2D eigenvalue weighted by molar-refractivity contribution is 6.22. The molecule has 2 fully saturated rings. The minimum absolute atomic E-state index is 0.0433. The van der Waals surface area contributed by atoms with E-state index in [9.17, 15) is 9.59 Å². The van der Waals surface area contributed by atoms with Gasteiger partial charge in [-0.3, -0.25) is 9.59 Å². The Morgan fingerprint density at radius 1 is 1.00 bits per heavy atom. The van der Waals surface area contributed by atoms with Gasteiger partial charge in [0.2, 0.25) is 11.8 Å². The van der Waals surface area contributed by atoms with Crippen LogP contribution in [0.3, 0.4) is 0 Å². The molecule has 1 aromatic rings. The fourth-order valence-electron chi connectivity index (χ4n) is 2.89. The average Bonchev–Trinajstić information content (AvgIpc) is 2.82. The molecule has 2 amide bonds. The van der Waals surface area contributed by atoms with E-state index in [-0.39, 0.29) is 23.7 Å². The van der Waals surface area contributed by atoms with Crippen LogP contribution in [0.15, 0.2) is 24.3 Å². The summed E-state index contributed by atoms with van der Waals surface area (Å²) in [6, 6.07) is 7.54. The zero-order valence-electron chi connectivity index (χ0n) is 10.6. The third-order valence-electron chi connectivity index (χ3n) is 3.87. The van der Waals surface area contributed by atoms with Crippen LogP contribution in [0.25, 0.3) is 0 Å². The lowest BCUT2D eigenvalue weighted by Crippen LogP contribution is -2.35. The standard InChI is InChI=1S/C14H16N2O2/c1-9-3-5-10(6-4-9)16-13(17)11-7-15(2)8-12(11)14(16)18/h3-6,11-12H,7-8H2,1-2H3. The van der Waals surface area contributed by atoms with E-state index < -0.39 is 0 Å². The fraction of sp³-hybridized carbons (Fsp3) is 0.429. The van der Waals surface area contributed by atoms with Crippen molar-refractivity contribution in [3.05, 3.63) is 29.8 Å². The van der Waals surface area contributed by atoms with Gasteiger partial charge >= 0.3 is 0 Å². The summed E-state index contributed by atoms with van der Waals surface area (Å²) in [5.41, 5.74) is 1.82. The van der Waals surface area contributed by atoms with Crippen molar-refractivity contribution in [1.82, 2.24) is 4.90 Å². The van der Waals surface area contributed by atoms with Gasteiger partial charge in [0.25, 0.3) is 0 Å². The van der Waals surface area contributed by atoms with E-state index in [0.717, 1.165) is 5.56 Å². The molecule has 4 nitrogen and oxygen atoms in total. The van der Waals surface area contributed by atoms with Gasteiger partial charge in [-0.15, -0.1) is 0 Å². The first-order valence-electron chi connectivity index (χ1n) is 6.21. The van der Waals surface area contributed by atoms with E-state index in [1.165, 1.54) is 4.90 Å². The summed E-state index contributed by atoms with van der Waals surface area (Å²) in [7, 11) is 1.95. The normalized spacial score (nSPS) is 28.0. The summed E-state index contributed by atoms with van der Waals surface area (Å²) >= 11 is 0.